The van der Waals surface area contributed by atoms with E-state index in [2.05, 4.69) is 280 Å². The molecule has 7 unspecified atom stereocenters. The van der Waals surface area contributed by atoms with Gasteiger partial charge in [0.2, 0.25) is 0 Å². The van der Waals surface area contributed by atoms with Crippen LogP contribution in [0.1, 0.15) is 568 Å². The van der Waals surface area contributed by atoms with Crippen LogP contribution >= 0.6 is 0 Å². The van der Waals surface area contributed by atoms with Crippen LogP contribution in [0.4, 0.5) is 0 Å². The SMILES string of the molecule is CC(C)(C)CCC(NC(C)(C)C)C(=O)C(C)(C)C.CC(C)(C)NC(CC(C)(C)C(C)(C)C)C(=O)C(C)(C)C.CC(C)(C)NC(CC1CCCCCC1)C(=O)C(C)(C)C.CC(C)(C)NC(CC1CCCCCCC1)C(=O)C(C)(C)C.CC(C)(C)NC(CCC1CCCCC1)C(=O)C(C)(C)C.CC(C)C(C)(C)CC(NC(C)(C)C)C(=O)C(C)(C)C.CC(C)CCC(NC(C)(C)C)C(=O)C(C)(C)C. The summed E-state index contributed by atoms with van der Waals surface area (Å²) in [6.07, 6.45) is 34.4. The topological polar surface area (TPSA) is 204 Å². The van der Waals surface area contributed by atoms with Crippen LogP contribution < -0.4 is 37.2 Å². The third kappa shape index (κ3) is 69.1. The average molecular weight is 1910 g/mol. The van der Waals surface area contributed by atoms with Gasteiger partial charge in [-0.3, -0.25) is 33.6 Å². The minimum absolute atomic E-state index is 0.00184. The van der Waals surface area contributed by atoms with Crippen molar-refractivity contribution in [3.8, 4) is 0 Å². The van der Waals surface area contributed by atoms with Gasteiger partial charge < -0.3 is 37.2 Å². The number of ketones is 7. The lowest BCUT2D eigenvalue weighted by atomic mass is 9.64. The molecule has 3 fully saturated rings. The first-order valence-corrected chi connectivity index (χ1v) is 54.8. The molecule has 0 heterocycles. The Morgan fingerprint density at radius 1 is 0.230 bits per heavy atom. The molecule has 7 N–H and O–H groups in total. The number of Topliss-reactive ketones (excluding diaryl/α,β-unsaturated/α-hetero) is 7. The van der Waals surface area contributed by atoms with Gasteiger partial charge in [0.1, 0.15) is 0 Å². The molecule has 3 aliphatic carbocycles. The largest absolute Gasteiger partial charge is 0.303 e. The summed E-state index contributed by atoms with van der Waals surface area (Å²) in [5.74, 6) is 5.88. The molecule has 14 heteroatoms. The first-order valence-electron chi connectivity index (χ1n) is 54.8. The van der Waals surface area contributed by atoms with Crippen LogP contribution in [0, 0.1) is 89.2 Å². The smallest absolute Gasteiger partial charge is 0.155 e. The number of hydrogen-bond donors (Lipinski definition) is 7. The number of hydrogen-bond acceptors (Lipinski definition) is 14. The van der Waals surface area contributed by atoms with Crippen molar-refractivity contribution >= 4 is 40.5 Å². The molecule has 0 aromatic carbocycles. The molecule has 3 aliphatic rings. The van der Waals surface area contributed by atoms with E-state index in [-0.39, 0.29) is 141 Å². The Labute approximate surface area is 844 Å². The van der Waals surface area contributed by atoms with Crippen LogP contribution in [0.25, 0.3) is 0 Å². The van der Waals surface area contributed by atoms with Gasteiger partial charge in [0.15, 0.2) is 40.5 Å². The van der Waals surface area contributed by atoms with E-state index in [1.165, 1.54) is 122 Å². The van der Waals surface area contributed by atoms with Gasteiger partial charge in [-0.05, 0) is 261 Å². The fourth-order valence-electron chi connectivity index (χ4n) is 17.6. The summed E-state index contributed by atoms with van der Waals surface area (Å²) in [4.78, 5) is 88.6. The second-order valence-electron chi connectivity index (χ2n) is 61.3. The van der Waals surface area contributed by atoms with Gasteiger partial charge in [-0.2, -0.15) is 0 Å². The van der Waals surface area contributed by atoms with Crippen LogP contribution in [0.3, 0.4) is 0 Å². The van der Waals surface area contributed by atoms with Gasteiger partial charge >= 0.3 is 0 Å². The van der Waals surface area contributed by atoms with Gasteiger partial charge in [0.05, 0.1) is 42.3 Å². The van der Waals surface area contributed by atoms with Crippen molar-refractivity contribution in [2.75, 3.05) is 0 Å². The fourth-order valence-corrected chi connectivity index (χ4v) is 17.6. The van der Waals surface area contributed by atoms with Crippen molar-refractivity contribution in [3.63, 3.8) is 0 Å². The summed E-state index contributed by atoms with van der Waals surface area (Å²) in [7, 11) is 0. The normalized spacial score (nSPS) is 17.8. The Hall–Kier alpha value is -2.59. The van der Waals surface area contributed by atoms with E-state index in [9.17, 15) is 33.6 Å². The van der Waals surface area contributed by atoms with E-state index in [1.807, 2.05) is 145 Å². The van der Waals surface area contributed by atoms with Gasteiger partial charge in [-0.25, -0.2) is 0 Å². The van der Waals surface area contributed by atoms with Crippen LogP contribution in [0.5, 0.6) is 0 Å². The standard InChI is InChI=1S/C19H37NO.2C18H35NO.C18H37NO.C17H35NO.C16H33NO.C15H31NO/c1-18(2,3)17(21)16(20-19(4,5)6)14-15-12-10-8-7-9-11-13-15;1-17(2,3)16(20)15(19-18(4,5)6)13-12-14-10-8-7-9-11-14;1-17(2,3)16(20)15(19-18(4,5)6)13-14-11-9-7-8-10-12-14;1-15(2,3)14(20)13(19-17(7,8)9)12-18(10,11)16(4,5)6;1-12(2)17(9,10)11-13(18-16(6,7)8)14(19)15(3,4)5;1-14(2,3)11-10-12(17-16(7,8)9)13(18)15(4,5)6;1-11(2)9-10-12(16-15(6,7)8)13(17)14(3,4)5/h15-16,20H,7-14H2,1-6H3;2*14-15,19H,7-13H2,1-6H3;13,19H,12H2,1-11H3;12-13,18H,11H2,1-10H3;12,17H,10-11H2,1-9H3;11-12,16H,9-10H2,1-8H3. The highest BCUT2D eigenvalue weighted by Gasteiger charge is 2.44. The quantitative estimate of drug-likeness (QED) is 0.0323. The van der Waals surface area contributed by atoms with Crippen molar-refractivity contribution < 1.29 is 33.6 Å². The van der Waals surface area contributed by atoms with E-state index in [0.717, 1.165) is 75.5 Å². The second-order valence-corrected chi connectivity index (χ2v) is 61.3. The molecular formula is C121H243N7O7. The maximum Gasteiger partial charge on any atom is 0.155 e. The molecule has 0 aliphatic heterocycles. The number of carbonyl (C=O) groups is 7. The Balaban J connectivity index is -0.000000742. The Morgan fingerprint density at radius 3 is 0.659 bits per heavy atom. The third-order valence-corrected chi connectivity index (χ3v) is 26.8. The van der Waals surface area contributed by atoms with Crippen LogP contribution in [-0.4, -0.2) is 122 Å². The van der Waals surface area contributed by atoms with E-state index in [0.29, 0.717) is 52.3 Å². The van der Waals surface area contributed by atoms with Gasteiger partial charge in [0.25, 0.3) is 0 Å². The minimum Gasteiger partial charge on any atom is -0.303 e. The van der Waals surface area contributed by atoms with Crippen molar-refractivity contribution in [1.82, 2.24) is 37.2 Å². The van der Waals surface area contributed by atoms with Gasteiger partial charge in [0, 0.05) is 76.7 Å². The molecule has 804 valence electrons. The van der Waals surface area contributed by atoms with Crippen molar-refractivity contribution in [2.45, 2.75) is 649 Å². The summed E-state index contributed by atoms with van der Waals surface area (Å²) >= 11 is 0. The molecule has 0 aromatic heterocycles. The summed E-state index contributed by atoms with van der Waals surface area (Å²) in [5.41, 5.74) is -1.37. The summed E-state index contributed by atoms with van der Waals surface area (Å²) in [6, 6.07) is -0.187. The third-order valence-electron chi connectivity index (χ3n) is 26.8. The van der Waals surface area contributed by atoms with Crippen LogP contribution in [-0.2, 0) is 33.6 Å². The zero-order valence-electron chi connectivity index (χ0n) is 102. The van der Waals surface area contributed by atoms with Gasteiger partial charge in [-0.1, -0.05) is 358 Å². The second kappa shape index (κ2) is 57.3. The molecule has 0 amide bonds. The van der Waals surface area contributed by atoms with Crippen LogP contribution in [0.2, 0.25) is 0 Å². The molecule has 0 radical (unpaired) electrons. The summed E-state index contributed by atoms with van der Waals surface area (Å²) < 4.78 is 0. The Kier molecular flexibility index (Phi) is 58.9. The van der Waals surface area contributed by atoms with Crippen molar-refractivity contribution in [2.24, 2.45) is 89.2 Å². The molecule has 135 heavy (non-hydrogen) atoms. The fraction of sp³-hybridized carbons (Fsp3) is 0.942. The lowest BCUT2D eigenvalue weighted by Gasteiger charge is -2.43. The summed E-state index contributed by atoms with van der Waals surface area (Å²) in [5, 5.41) is 24.7. The molecule has 0 saturated heterocycles. The molecular weight excluding hydrogens is 1660 g/mol. The van der Waals surface area contributed by atoms with E-state index >= 15 is 0 Å². The molecule has 0 aromatic rings. The number of nitrogens with one attached hydrogen (secondary N) is 7. The molecule has 14 nitrogen and oxygen atoms in total. The first kappa shape index (κ1) is 139. The molecule has 7 atom stereocenters. The zero-order chi connectivity index (χ0) is 108. The Morgan fingerprint density at radius 2 is 0.430 bits per heavy atom. The van der Waals surface area contributed by atoms with Crippen molar-refractivity contribution in [1.29, 1.82) is 0 Å². The zero-order valence-corrected chi connectivity index (χ0v) is 102. The average Bonchev–Trinajstić information content (AvgIpc) is 0.962. The molecule has 3 saturated carbocycles. The highest BCUT2D eigenvalue weighted by Crippen LogP contribution is 2.44. The number of carbonyl (C=O) groups excluding carboxylic acids is 7. The predicted octanol–water partition coefficient (Wildman–Crippen LogP) is 31.8. The maximum absolute atomic E-state index is 12.8. The lowest BCUT2D eigenvalue weighted by molar-refractivity contribution is -0.130. The van der Waals surface area contributed by atoms with E-state index < -0.39 is 0 Å². The predicted molar refractivity (Wildman–Crippen MR) is 594 cm³/mol. The minimum atomic E-state index is -0.309. The maximum atomic E-state index is 12.8. The van der Waals surface area contributed by atoms with Crippen molar-refractivity contribution in [3.05, 3.63) is 0 Å². The molecule has 0 spiro atoms. The summed E-state index contributed by atoms with van der Waals surface area (Å²) in [6.45, 7) is 119. The monoisotopic (exact) mass is 1910 g/mol. The van der Waals surface area contributed by atoms with Crippen LogP contribution in [0.15, 0.2) is 0 Å². The van der Waals surface area contributed by atoms with E-state index in [4.69, 9.17) is 0 Å². The molecule has 3 rings (SSSR count). The highest BCUT2D eigenvalue weighted by molar-refractivity contribution is 5.92. The lowest BCUT2D eigenvalue weighted by Crippen LogP contribution is -2.53. The molecule has 0 bridgehead atoms. The first-order chi connectivity index (χ1) is 59.6. The Bertz CT molecular complexity index is 3310. The van der Waals surface area contributed by atoms with E-state index in [1.54, 1.807) is 0 Å². The number of rotatable bonds is 31. The van der Waals surface area contributed by atoms with Gasteiger partial charge in [-0.15, -0.1) is 0 Å². The highest BCUT2D eigenvalue weighted by atomic mass is 16.2.